The van der Waals surface area contributed by atoms with Gasteiger partial charge >= 0.3 is 0 Å². The Kier molecular flexibility index (Phi) is 6.04. The molecule has 49 heavy (non-hydrogen) atoms. The van der Waals surface area contributed by atoms with E-state index in [1.165, 1.54) is 51.1 Å². The van der Waals surface area contributed by atoms with Crippen molar-refractivity contribution in [2.24, 2.45) is 0 Å². The normalized spacial score (nSPS) is 11.6. The molecule has 5 heteroatoms. The van der Waals surface area contributed by atoms with Crippen molar-refractivity contribution in [1.82, 2.24) is 4.57 Å². The first-order chi connectivity index (χ1) is 24.2. The number of fused-ring (bicyclic) bond motifs is 10. The van der Waals surface area contributed by atoms with Gasteiger partial charge in [0.1, 0.15) is 6.07 Å². The van der Waals surface area contributed by atoms with Crippen molar-refractivity contribution >= 4 is 90.5 Å². The maximum absolute atomic E-state index is 10.4. The first kappa shape index (κ1) is 27.8. The van der Waals surface area contributed by atoms with Crippen molar-refractivity contribution in [3.8, 4) is 34.0 Å². The molecule has 7 aromatic carbocycles. The molecule has 0 aliphatic rings. The van der Waals surface area contributed by atoms with E-state index in [9.17, 15) is 5.26 Å². The number of thiophene rings is 2. The Morgan fingerprint density at radius 3 is 2.00 bits per heavy atom. The van der Waals surface area contributed by atoms with E-state index in [-0.39, 0.29) is 0 Å². The summed E-state index contributed by atoms with van der Waals surface area (Å²) >= 11 is 3.67. The van der Waals surface area contributed by atoms with Crippen LogP contribution in [-0.4, -0.2) is 4.57 Å². The molecule has 0 fully saturated rings. The fraction of sp³-hybridized carbons (Fsp3) is 0. The average molecular weight is 658 g/mol. The number of nitrogens with zero attached hydrogens (tertiary/aromatic N) is 3. The van der Waals surface area contributed by atoms with Crippen LogP contribution in [-0.2, 0) is 0 Å². The minimum atomic E-state index is 0.643. The molecular weight excluding hydrogens is 635 g/mol. The average Bonchev–Trinajstić information content (AvgIpc) is 3.83. The molecule has 226 valence electrons. The zero-order valence-electron chi connectivity index (χ0n) is 25.9. The van der Waals surface area contributed by atoms with Crippen LogP contribution in [0.15, 0.2) is 140 Å². The summed E-state index contributed by atoms with van der Waals surface area (Å²) in [6.45, 7) is 7.46. The van der Waals surface area contributed by atoms with Crippen molar-refractivity contribution in [1.29, 1.82) is 5.26 Å². The Bertz CT molecular complexity index is 3030. The summed E-state index contributed by atoms with van der Waals surface area (Å²) in [5.41, 5.74) is 8.65. The maximum Gasteiger partial charge on any atom is 0.187 e. The number of hydrogen-bond acceptors (Lipinski definition) is 3. The molecule has 0 unspecified atom stereocenters. The van der Waals surface area contributed by atoms with Crippen LogP contribution in [0.2, 0.25) is 0 Å². The number of hydrogen-bond donors (Lipinski definition) is 0. The summed E-state index contributed by atoms with van der Waals surface area (Å²) in [6.07, 6.45) is 0. The number of benzene rings is 7. The molecule has 0 spiro atoms. The minimum Gasteiger partial charge on any atom is -0.307 e. The van der Waals surface area contributed by atoms with E-state index in [2.05, 4.69) is 125 Å². The Morgan fingerprint density at radius 2 is 1.22 bits per heavy atom. The summed E-state index contributed by atoms with van der Waals surface area (Å²) in [5.74, 6) is 0. The van der Waals surface area contributed by atoms with Gasteiger partial charge in [0.15, 0.2) is 5.69 Å². The molecule has 10 rings (SSSR count). The molecule has 0 amide bonds. The van der Waals surface area contributed by atoms with Gasteiger partial charge < -0.3 is 4.57 Å². The van der Waals surface area contributed by atoms with E-state index in [1.807, 2.05) is 53.0 Å². The summed E-state index contributed by atoms with van der Waals surface area (Å²) in [7, 11) is 0. The van der Waals surface area contributed by atoms with Crippen molar-refractivity contribution in [2.75, 3.05) is 0 Å². The van der Waals surface area contributed by atoms with Gasteiger partial charge in [-0.05, 0) is 71.3 Å². The minimum absolute atomic E-state index is 0.643. The number of aromatic nitrogens is 1. The summed E-state index contributed by atoms with van der Waals surface area (Å²) in [5, 5.41) is 17.8. The lowest BCUT2D eigenvalue weighted by Gasteiger charge is -2.16. The van der Waals surface area contributed by atoms with E-state index in [4.69, 9.17) is 6.57 Å². The quantitative estimate of drug-likeness (QED) is 0.174. The van der Waals surface area contributed by atoms with Gasteiger partial charge in [0, 0.05) is 56.7 Å². The Balaban J connectivity index is 1.22. The molecule has 0 saturated heterocycles. The fourth-order valence-corrected chi connectivity index (χ4v) is 9.87. The summed E-state index contributed by atoms with van der Waals surface area (Å²) < 4.78 is 7.32. The van der Waals surface area contributed by atoms with Crippen molar-refractivity contribution in [3.05, 3.63) is 157 Å². The second-order valence-electron chi connectivity index (χ2n) is 12.3. The monoisotopic (exact) mass is 657 g/mol. The molecular formula is C44H23N3S2. The van der Waals surface area contributed by atoms with E-state index >= 15 is 0 Å². The predicted octanol–water partition coefficient (Wildman–Crippen LogP) is 13.3. The largest absolute Gasteiger partial charge is 0.307 e. The Hall–Kier alpha value is -6.24. The first-order valence-corrected chi connectivity index (χ1v) is 17.6. The highest BCUT2D eigenvalue weighted by Gasteiger charge is 2.20. The molecule has 3 aromatic heterocycles. The van der Waals surface area contributed by atoms with Gasteiger partial charge in [0.05, 0.1) is 28.9 Å². The molecule has 0 aliphatic carbocycles. The van der Waals surface area contributed by atoms with E-state index in [0.29, 0.717) is 11.3 Å². The molecule has 0 saturated carbocycles. The van der Waals surface area contributed by atoms with Crippen LogP contribution in [0.1, 0.15) is 5.56 Å². The lowest BCUT2D eigenvalue weighted by molar-refractivity contribution is 1.17. The third-order valence-electron chi connectivity index (χ3n) is 9.65. The molecule has 0 N–H and O–H groups in total. The molecule has 10 aromatic rings. The van der Waals surface area contributed by atoms with Crippen LogP contribution in [0, 0.1) is 17.9 Å². The molecule has 3 heterocycles. The van der Waals surface area contributed by atoms with Gasteiger partial charge in [-0.3, -0.25) is 0 Å². The van der Waals surface area contributed by atoms with E-state index in [1.54, 1.807) is 0 Å². The van der Waals surface area contributed by atoms with Crippen LogP contribution in [0.5, 0.6) is 0 Å². The van der Waals surface area contributed by atoms with Crippen molar-refractivity contribution in [3.63, 3.8) is 0 Å². The second-order valence-corrected chi connectivity index (χ2v) is 14.4. The molecule has 0 bridgehead atoms. The first-order valence-electron chi connectivity index (χ1n) is 16.0. The molecule has 0 aliphatic heterocycles. The van der Waals surface area contributed by atoms with Crippen LogP contribution < -0.4 is 0 Å². The smallest absolute Gasteiger partial charge is 0.187 e. The highest BCUT2D eigenvalue weighted by Crippen LogP contribution is 2.47. The fourth-order valence-electron chi connectivity index (χ4n) is 7.47. The molecule has 0 radical (unpaired) electrons. The third kappa shape index (κ3) is 4.11. The summed E-state index contributed by atoms with van der Waals surface area (Å²) in [4.78, 5) is 3.64. The third-order valence-corrected chi connectivity index (χ3v) is 12.0. The zero-order chi connectivity index (χ0) is 32.6. The standard InChI is InChI=1S/C44H23N3S2/c1-46-30-10-6-8-26(22-30)27-16-19-39-35(23-27)34-18-21-41-42(44(34)49-39)36-24-28(17-20-40(36)48-41)31-13-7-9-29(25-45)43(31)47-37-14-4-2-11-32(37)33-12-3-5-15-38(33)47/h2-24H. The van der Waals surface area contributed by atoms with Crippen LogP contribution in [0.4, 0.5) is 5.69 Å². The van der Waals surface area contributed by atoms with Gasteiger partial charge in [-0.25, -0.2) is 4.85 Å². The van der Waals surface area contributed by atoms with Gasteiger partial charge in [0.25, 0.3) is 0 Å². The highest BCUT2D eigenvalue weighted by molar-refractivity contribution is 7.29. The topological polar surface area (TPSA) is 33.1 Å². The van der Waals surface area contributed by atoms with Crippen molar-refractivity contribution in [2.45, 2.75) is 0 Å². The van der Waals surface area contributed by atoms with Gasteiger partial charge in [-0.2, -0.15) is 5.26 Å². The van der Waals surface area contributed by atoms with Crippen molar-refractivity contribution < 1.29 is 0 Å². The van der Waals surface area contributed by atoms with Gasteiger partial charge in [0.2, 0.25) is 0 Å². The number of nitriles is 1. The Morgan fingerprint density at radius 1 is 0.551 bits per heavy atom. The second kappa shape index (κ2) is 10.6. The predicted molar refractivity (Wildman–Crippen MR) is 208 cm³/mol. The van der Waals surface area contributed by atoms with Crippen LogP contribution in [0.3, 0.4) is 0 Å². The van der Waals surface area contributed by atoms with E-state index < -0.39 is 0 Å². The zero-order valence-corrected chi connectivity index (χ0v) is 27.6. The highest BCUT2D eigenvalue weighted by atomic mass is 32.1. The number of rotatable bonds is 3. The van der Waals surface area contributed by atoms with E-state index in [0.717, 1.165) is 39.0 Å². The summed E-state index contributed by atoms with van der Waals surface area (Å²) in [6, 6.07) is 51.3. The van der Waals surface area contributed by atoms with Crippen LogP contribution >= 0.6 is 22.7 Å². The molecule has 3 nitrogen and oxygen atoms in total. The number of para-hydroxylation sites is 3. The lowest BCUT2D eigenvalue weighted by atomic mass is 9.97. The Labute approximate surface area is 289 Å². The van der Waals surface area contributed by atoms with Gasteiger partial charge in [-0.15, -0.1) is 22.7 Å². The SMILES string of the molecule is [C-]#[N+]c1cccc(-c2ccc3sc4c(ccc5sc6ccc(-c7cccc(C#N)c7-n7c8ccccc8c8ccccc87)cc6c54)c3c2)c1. The maximum atomic E-state index is 10.4. The lowest BCUT2D eigenvalue weighted by Crippen LogP contribution is -2.00. The van der Waals surface area contributed by atoms with Gasteiger partial charge in [-0.1, -0.05) is 84.9 Å². The van der Waals surface area contributed by atoms with Crippen LogP contribution in [0.25, 0.3) is 94.9 Å². The molecule has 0 atom stereocenters.